The number of hydrogen-bond acceptors (Lipinski definition) is 4. The maximum atomic E-state index is 12.1. The van der Waals surface area contributed by atoms with Crippen LogP contribution in [-0.2, 0) is 4.79 Å². The van der Waals surface area contributed by atoms with Gasteiger partial charge in [0.25, 0.3) is 0 Å². The summed E-state index contributed by atoms with van der Waals surface area (Å²) in [7, 11) is 0. The van der Waals surface area contributed by atoms with Gasteiger partial charge >= 0.3 is 0 Å². The van der Waals surface area contributed by atoms with E-state index >= 15 is 0 Å². The van der Waals surface area contributed by atoms with Crippen LogP contribution in [0.3, 0.4) is 0 Å². The predicted octanol–water partition coefficient (Wildman–Crippen LogP) is 3.55. The molecule has 5 heteroatoms. The van der Waals surface area contributed by atoms with E-state index in [2.05, 4.69) is 42.7 Å². The summed E-state index contributed by atoms with van der Waals surface area (Å²) in [6, 6.07) is 14.0. The molecule has 22 heavy (non-hydrogen) atoms. The highest BCUT2D eigenvalue weighted by molar-refractivity contribution is 7.14. The van der Waals surface area contributed by atoms with Crippen LogP contribution in [0.15, 0.2) is 41.8 Å². The highest BCUT2D eigenvalue weighted by atomic mass is 32.1. The van der Waals surface area contributed by atoms with Crippen LogP contribution in [0.4, 0.5) is 5.00 Å². The summed E-state index contributed by atoms with van der Waals surface area (Å²) in [5.74, 6) is 0.229. The van der Waals surface area contributed by atoms with Crippen LogP contribution in [-0.4, -0.2) is 12.5 Å². The zero-order chi connectivity index (χ0) is 15.9. The number of nitrogens with zero attached hydrogens (tertiary/aromatic N) is 1. The fourth-order valence-electron chi connectivity index (χ4n) is 2.27. The van der Waals surface area contributed by atoms with Gasteiger partial charge in [0, 0.05) is 6.04 Å². The molecule has 1 atom stereocenters. The van der Waals surface area contributed by atoms with Gasteiger partial charge in [-0.25, -0.2) is 0 Å². The number of anilines is 1. The number of rotatable bonds is 6. The van der Waals surface area contributed by atoms with E-state index in [1.54, 1.807) is 11.4 Å². The molecule has 0 aliphatic carbocycles. The first-order chi connectivity index (χ1) is 10.6. The summed E-state index contributed by atoms with van der Waals surface area (Å²) in [6.45, 7) is 4.45. The average molecular weight is 313 g/mol. The number of benzene rings is 1. The SMILES string of the molecule is CC(C)[C@H](NCC(=O)Nc1sccc1C#N)c1ccccc1. The topological polar surface area (TPSA) is 64.9 Å². The Hall–Kier alpha value is -2.16. The quantitative estimate of drug-likeness (QED) is 0.857. The van der Waals surface area contributed by atoms with Crippen molar-refractivity contribution in [2.75, 3.05) is 11.9 Å². The molecule has 4 nitrogen and oxygen atoms in total. The van der Waals surface area contributed by atoms with Crippen LogP contribution in [0.5, 0.6) is 0 Å². The molecule has 1 aromatic heterocycles. The van der Waals surface area contributed by atoms with Crippen molar-refractivity contribution in [3.8, 4) is 6.07 Å². The highest BCUT2D eigenvalue weighted by Gasteiger charge is 2.16. The Labute approximate surface area is 134 Å². The summed E-state index contributed by atoms with van der Waals surface area (Å²) >= 11 is 1.36. The summed E-state index contributed by atoms with van der Waals surface area (Å²) in [6.07, 6.45) is 0. The Morgan fingerprint density at radius 2 is 2.00 bits per heavy atom. The number of carbonyl (C=O) groups is 1. The molecule has 2 rings (SSSR count). The van der Waals surface area contributed by atoms with Crippen LogP contribution in [0.1, 0.15) is 31.0 Å². The number of thiophene rings is 1. The molecular formula is C17H19N3OS. The van der Waals surface area contributed by atoms with Gasteiger partial charge in [-0.2, -0.15) is 5.26 Å². The first-order valence-corrected chi connectivity index (χ1v) is 8.05. The summed E-state index contributed by atoms with van der Waals surface area (Å²) in [5.41, 5.74) is 1.67. The molecule has 1 heterocycles. The molecule has 114 valence electrons. The molecule has 0 unspecified atom stereocenters. The molecule has 0 radical (unpaired) electrons. The largest absolute Gasteiger partial charge is 0.315 e. The van der Waals surface area contributed by atoms with E-state index in [4.69, 9.17) is 5.26 Å². The number of nitrogens with one attached hydrogen (secondary N) is 2. The molecular weight excluding hydrogens is 294 g/mol. The molecule has 0 saturated heterocycles. The van der Waals surface area contributed by atoms with Gasteiger partial charge in [0.05, 0.1) is 12.1 Å². The fraction of sp³-hybridized carbons (Fsp3) is 0.294. The van der Waals surface area contributed by atoms with Crippen molar-refractivity contribution in [1.82, 2.24) is 5.32 Å². The van der Waals surface area contributed by atoms with E-state index in [-0.39, 0.29) is 18.5 Å². The molecule has 1 amide bonds. The van der Waals surface area contributed by atoms with Gasteiger partial charge < -0.3 is 10.6 Å². The van der Waals surface area contributed by atoms with Crippen LogP contribution < -0.4 is 10.6 Å². The fourth-order valence-corrected chi connectivity index (χ4v) is 3.02. The third-order valence-electron chi connectivity index (χ3n) is 3.35. The lowest BCUT2D eigenvalue weighted by molar-refractivity contribution is -0.115. The van der Waals surface area contributed by atoms with E-state index < -0.39 is 0 Å². The van der Waals surface area contributed by atoms with Crippen molar-refractivity contribution in [2.45, 2.75) is 19.9 Å². The third kappa shape index (κ3) is 4.17. The Morgan fingerprint density at radius 3 is 2.64 bits per heavy atom. The maximum absolute atomic E-state index is 12.1. The molecule has 1 aromatic carbocycles. The lowest BCUT2D eigenvalue weighted by Gasteiger charge is -2.22. The molecule has 0 bridgehead atoms. The Morgan fingerprint density at radius 1 is 1.27 bits per heavy atom. The van der Waals surface area contributed by atoms with Gasteiger partial charge in [0.15, 0.2) is 0 Å². The van der Waals surface area contributed by atoms with Gasteiger partial charge in [0.1, 0.15) is 11.1 Å². The van der Waals surface area contributed by atoms with Crippen molar-refractivity contribution < 1.29 is 4.79 Å². The number of carbonyl (C=O) groups excluding carboxylic acids is 1. The van der Waals surface area contributed by atoms with Crippen molar-refractivity contribution in [2.24, 2.45) is 5.92 Å². The average Bonchev–Trinajstić information content (AvgIpc) is 2.95. The molecule has 0 fully saturated rings. The second-order valence-corrected chi connectivity index (χ2v) is 6.25. The normalized spacial score (nSPS) is 11.9. The summed E-state index contributed by atoms with van der Waals surface area (Å²) in [5, 5.41) is 17.4. The van der Waals surface area contributed by atoms with Gasteiger partial charge in [-0.15, -0.1) is 11.3 Å². The maximum Gasteiger partial charge on any atom is 0.238 e. The first-order valence-electron chi connectivity index (χ1n) is 7.17. The minimum absolute atomic E-state index is 0.116. The van der Waals surface area contributed by atoms with E-state index in [1.165, 1.54) is 16.9 Å². The van der Waals surface area contributed by atoms with E-state index in [1.807, 2.05) is 18.2 Å². The molecule has 0 aliphatic rings. The summed E-state index contributed by atoms with van der Waals surface area (Å²) in [4.78, 5) is 12.1. The van der Waals surface area contributed by atoms with E-state index in [0.29, 0.717) is 16.5 Å². The second kappa shape index (κ2) is 7.74. The smallest absolute Gasteiger partial charge is 0.238 e. The van der Waals surface area contributed by atoms with Gasteiger partial charge in [-0.3, -0.25) is 4.79 Å². The van der Waals surface area contributed by atoms with Crippen molar-refractivity contribution in [3.05, 3.63) is 52.9 Å². The monoisotopic (exact) mass is 313 g/mol. The first kappa shape index (κ1) is 16.2. The van der Waals surface area contributed by atoms with Crippen LogP contribution in [0.25, 0.3) is 0 Å². The second-order valence-electron chi connectivity index (χ2n) is 5.34. The van der Waals surface area contributed by atoms with Crippen LogP contribution in [0.2, 0.25) is 0 Å². The van der Waals surface area contributed by atoms with Crippen molar-refractivity contribution in [3.63, 3.8) is 0 Å². The van der Waals surface area contributed by atoms with Crippen LogP contribution in [0, 0.1) is 17.2 Å². The minimum Gasteiger partial charge on any atom is -0.315 e. The molecule has 0 spiro atoms. The standard InChI is InChI=1S/C17H19N3OS/c1-12(2)16(13-6-4-3-5-7-13)19-11-15(21)20-17-14(10-18)8-9-22-17/h3-9,12,16,19H,11H2,1-2H3,(H,20,21)/t16-/m0/s1. The summed E-state index contributed by atoms with van der Waals surface area (Å²) < 4.78 is 0. The minimum atomic E-state index is -0.138. The number of hydrogen-bond donors (Lipinski definition) is 2. The van der Waals surface area contributed by atoms with Crippen molar-refractivity contribution >= 4 is 22.2 Å². The number of amides is 1. The zero-order valence-electron chi connectivity index (χ0n) is 12.7. The van der Waals surface area contributed by atoms with Crippen molar-refractivity contribution in [1.29, 1.82) is 5.26 Å². The van der Waals surface area contributed by atoms with Gasteiger partial charge in [-0.1, -0.05) is 44.2 Å². The molecule has 2 aromatic rings. The Kier molecular flexibility index (Phi) is 5.70. The number of nitriles is 1. The molecule has 0 aliphatic heterocycles. The Balaban J connectivity index is 1.95. The zero-order valence-corrected chi connectivity index (χ0v) is 13.5. The lowest BCUT2D eigenvalue weighted by atomic mass is 9.96. The predicted molar refractivity (Wildman–Crippen MR) is 89.7 cm³/mol. The van der Waals surface area contributed by atoms with E-state index in [0.717, 1.165) is 0 Å². The lowest BCUT2D eigenvalue weighted by Crippen LogP contribution is -2.33. The van der Waals surface area contributed by atoms with Crippen LogP contribution >= 0.6 is 11.3 Å². The van der Waals surface area contributed by atoms with E-state index in [9.17, 15) is 4.79 Å². The highest BCUT2D eigenvalue weighted by Crippen LogP contribution is 2.23. The van der Waals surface area contributed by atoms with Gasteiger partial charge in [0.2, 0.25) is 5.91 Å². The van der Waals surface area contributed by atoms with Gasteiger partial charge in [-0.05, 0) is 22.9 Å². The molecule has 0 saturated carbocycles. The third-order valence-corrected chi connectivity index (χ3v) is 4.18. The Bertz CT molecular complexity index is 658. The molecule has 2 N–H and O–H groups in total.